The molecule has 0 aliphatic heterocycles. The number of nitrogens with zero attached hydrogens (tertiary/aromatic N) is 3. The van der Waals surface area contributed by atoms with Crippen LogP contribution in [0.1, 0.15) is 27.2 Å². The molecule has 0 bridgehead atoms. The average Bonchev–Trinajstić information content (AvgIpc) is 2.36. The lowest BCUT2D eigenvalue weighted by atomic mass is 10.0. The lowest BCUT2D eigenvalue weighted by Crippen LogP contribution is -2.31. The molecule has 0 aliphatic carbocycles. The second-order valence-corrected chi connectivity index (χ2v) is 5.06. The number of nitrogens with two attached hydrogens (primary N) is 1. The van der Waals surface area contributed by atoms with Gasteiger partial charge < -0.3 is 10.3 Å². The zero-order valence-electron chi connectivity index (χ0n) is 11.8. The van der Waals surface area contributed by atoms with E-state index in [0.717, 1.165) is 6.42 Å². The third kappa shape index (κ3) is 4.06. The molecule has 0 amide bonds. The standard InChI is InChI=1S/C12H21N5O2/c1-8(2)5-9(3)16(4)12-7-10(17(18)19)6-11(14-12)15-13/h6-9H,5,13H2,1-4H3,(H,14,15). The van der Waals surface area contributed by atoms with E-state index in [1.165, 1.54) is 12.1 Å². The van der Waals surface area contributed by atoms with Gasteiger partial charge in [-0.15, -0.1) is 0 Å². The van der Waals surface area contributed by atoms with Crippen LogP contribution in [0.4, 0.5) is 17.3 Å². The fraction of sp³-hybridized carbons (Fsp3) is 0.583. The van der Waals surface area contributed by atoms with Gasteiger partial charge in [0.25, 0.3) is 5.69 Å². The van der Waals surface area contributed by atoms with E-state index in [1.807, 2.05) is 11.9 Å². The van der Waals surface area contributed by atoms with Crippen LogP contribution in [0.2, 0.25) is 0 Å². The summed E-state index contributed by atoms with van der Waals surface area (Å²) in [6.07, 6.45) is 0.978. The van der Waals surface area contributed by atoms with Crippen LogP contribution >= 0.6 is 0 Å². The zero-order chi connectivity index (χ0) is 14.6. The minimum Gasteiger partial charge on any atom is -0.357 e. The quantitative estimate of drug-likeness (QED) is 0.465. The van der Waals surface area contributed by atoms with Crippen molar-refractivity contribution in [1.29, 1.82) is 0 Å². The summed E-state index contributed by atoms with van der Waals surface area (Å²) >= 11 is 0. The Hall–Kier alpha value is -1.89. The van der Waals surface area contributed by atoms with Crippen molar-refractivity contribution < 1.29 is 4.92 Å². The number of hydrogen-bond donors (Lipinski definition) is 2. The third-order valence-electron chi connectivity index (χ3n) is 2.99. The Balaban J connectivity index is 3.04. The molecular weight excluding hydrogens is 246 g/mol. The number of nitrogens with one attached hydrogen (secondary N) is 1. The Labute approximate surface area is 112 Å². The molecule has 0 saturated heterocycles. The van der Waals surface area contributed by atoms with Crippen LogP contribution in [0.3, 0.4) is 0 Å². The van der Waals surface area contributed by atoms with Crippen molar-refractivity contribution in [2.24, 2.45) is 11.8 Å². The molecule has 0 radical (unpaired) electrons. The van der Waals surface area contributed by atoms with E-state index < -0.39 is 4.92 Å². The van der Waals surface area contributed by atoms with Crippen LogP contribution in [-0.4, -0.2) is 23.0 Å². The summed E-state index contributed by atoms with van der Waals surface area (Å²) in [6, 6.07) is 3.00. The van der Waals surface area contributed by atoms with Crippen molar-refractivity contribution in [3.8, 4) is 0 Å². The lowest BCUT2D eigenvalue weighted by molar-refractivity contribution is -0.384. The fourth-order valence-corrected chi connectivity index (χ4v) is 1.93. The van der Waals surface area contributed by atoms with E-state index in [0.29, 0.717) is 11.7 Å². The number of rotatable bonds is 6. The van der Waals surface area contributed by atoms with Crippen LogP contribution in [0.15, 0.2) is 12.1 Å². The largest absolute Gasteiger partial charge is 0.357 e. The highest BCUT2D eigenvalue weighted by Crippen LogP contribution is 2.24. The van der Waals surface area contributed by atoms with Gasteiger partial charge >= 0.3 is 0 Å². The molecule has 0 fully saturated rings. The van der Waals surface area contributed by atoms with Gasteiger partial charge in [-0.3, -0.25) is 10.1 Å². The molecule has 7 heteroatoms. The Morgan fingerprint density at radius 2 is 2.11 bits per heavy atom. The summed E-state index contributed by atoms with van der Waals surface area (Å²) in [7, 11) is 1.87. The van der Waals surface area contributed by atoms with Gasteiger partial charge in [-0.25, -0.2) is 10.8 Å². The van der Waals surface area contributed by atoms with Crippen LogP contribution in [0, 0.1) is 16.0 Å². The Bertz CT molecular complexity index is 450. The molecule has 1 unspecified atom stereocenters. The molecule has 3 N–H and O–H groups in total. The first kappa shape index (κ1) is 15.2. The maximum absolute atomic E-state index is 10.9. The van der Waals surface area contributed by atoms with E-state index >= 15 is 0 Å². The van der Waals surface area contributed by atoms with E-state index in [4.69, 9.17) is 5.84 Å². The average molecular weight is 267 g/mol. The van der Waals surface area contributed by atoms with Crippen LogP contribution in [0.25, 0.3) is 0 Å². The number of pyridine rings is 1. The van der Waals surface area contributed by atoms with E-state index in [1.54, 1.807) is 0 Å². The van der Waals surface area contributed by atoms with E-state index in [-0.39, 0.29) is 17.5 Å². The highest BCUT2D eigenvalue weighted by molar-refractivity contribution is 5.55. The van der Waals surface area contributed by atoms with Crippen molar-refractivity contribution in [2.75, 3.05) is 17.4 Å². The van der Waals surface area contributed by atoms with Crippen molar-refractivity contribution in [3.63, 3.8) is 0 Å². The molecule has 1 aromatic rings. The minimum absolute atomic E-state index is 0.0263. The van der Waals surface area contributed by atoms with Crippen LogP contribution in [-0.2, 0) is 0 Å². The molecule has 7 nitrogen and oxygen atoms in total. The molecular formula is C12H21N5O2. The molecule has 1 rings (SSSR count). The number of nitro groups is 1. The van der Waals surface area contributed by atoms with Crippen LogP contribution < -0.4 is 16.2 Å². The van der Waals surface area contributed by atoms with Gasteiger partial charge in [0.15, 0.2) is 0 Å². The maximum atomic E-state index is 10.9. The smallest absolute Gasteiger partial charge is 0.276 e. The molecule has 0 saturated carbocycles. The predicted molar refractivity (Wildman–Crippen MR) is 76.0 cm³/mol. The van der Waals surface area contributed by atoms with Gasteiger partial charge in [-0.05, 0) is 19.3 Å². The van der Waals surface area contributed by atoms with Gasteiger partial charge in [0.1, 0.15) is 11.6 Å². The Kier molecular flexibility index (Phi) is 5.05. The summed E-state index contributed by atoms with van der Waals surface area (Å²) in [6.45, 7) is 6.34. The van der Waals surface area contributed by atoms with Gasteiger partial charge in [0, 0.05) is 13.1 Å². The normalized spacial score (nSPS) is 12.3. The summed E-state index contributed by atoms with van der Waals surface area (Å²) in [5, 5.41) is 10.9. The number of aromatic nitrogens is 1. The summed E-state index contributed by atoms with van der Waals surface area (Å²) in [5.74, 6) is 6.66. The zero-order valence-corrected chi connectivity index (χ0v) is 11.8. The highest BCUT2D eigenvalue weighted by atomic mass is 16.6. The van der Waals surface area contributed by atoms with Crippen LogP contribution in [0.5, 0.6) is 0 Å². The molecule has 106 valence electrons. The summed E-state index contributed by atoms with van der Waals surface area (Å²) in [5.41, 5.74) is 2.33. The fourth-order valence-electron chi connectivity index (χ4n) is 1.93. The Morgan fingerprint density at radius 1 is 1.47 bits per heavy atom. The first-order valence-corrected chi connectivity index (χ1v) is 6.21. The number of hydrazine groups is 1. The lowest BCUT2D eigenvalue weighted by Gasteiger charge is -2.27. The topological polar surface area (TPSA) is 97.3 Å². The Morgan fingerprint density at radius 3 is 2.58 bits per heavy atom. The summed E-state index contributed by atoms with van der Waals surface area (Å²) < 4.78 is 0. The second-order valence-electron chi connectivity index (χ2n) is 5.06. The molecule has 1 aromatic heterocycles. The van der Waals surface area contributed by atoms with E-state index in [9.17, 15) is 10.1 Å². The van der Waals surface area contributed by atoms with Gasteiger partial charge in [-0.2, -0.15) is 0 Å². The molecule has 19 heavy (non-hydrogen) atoms. The third-order valence-corrected chi connectivity index (χ3v) is 2.99. The van der Waals surface area contributed by atoms with Gasteiger partial charge in [0.05, 0.1) is 17.1 Å². The SMILES string of the molecule is CC(C)CC(C)N(C)c1cc([N+](=O)[O-])cc(NN)n1. The van der Waals surface area contributed by atoms with Gasteiger partial charge in [0.2, 0.25) is 0 Å². The predicted octanol–water partition coefficient (Wildman–Crippen LogP) is 2.15. The number of hydrogen-bond acceptors (Lipinski definition) is 6. The minimum atomic E-state index is -0.451. The van der Waals surface area contributed by atoms with Crippen molar-refractivity contribution >= 4 is 17.3 Å². The number of nitrogen functional groups attached to an aromatic ring is 1. The molecule has 1 heterocycles. The van der Waals surface area contributed by atoms with Crippen molar-refractivity contribution in [3.05, 3.63) is 22.2 Å². The molecule has 1 atom stereocenters. The molecule has 0 spiro atoms. The molecule has 0 aliphatic rings. The first-order valence-electron chi connectivity index (χ1n) is 6.21. The van der Waals surface area contributed by atoms with Crippen molar-refractivity contribution in [2.45, 2.75) is 33.2 Å². The van der Waals surface area contributed by atoms with E-state index in [2.05, 4.69) is 31.2 Å². The highest BCUT2D eigenvalue weighted by Gasteiger charge is 2.17. The maximum Gasteiger partial charge on any atom is 0.276 e. The number of anilines is 2. The molecule has 0 aromatic carbocycles. The summed E-state index contributed by atoms with van der Waals surface area (Å²) in [4.78, 5) is 16.6. The van der Waals surface area contributed by atoms with Crippen molar-refractivity contribution in [1.82, 2.24) is 4.98 Å². The second kappa shape index (κ2) is 6.33. The monoisotopic (exact) mass is 267 g/mol. The first-order chi connectivity index (χ1) is 8.85. The van der Waals surface area contributed by atoms with Gasteiger partial charge in [-0.1, -0.05) is 13.8 Å².